The predicted molar refractivity (Wildman–Crippen MR) is 126 cm³/mol. The summed E-state index contributed by atoms with van der Waals surface area (Å²) in [5.74, 6) is -0.296. The Morgan fingerprint density at radius 2 is 2.06 bits per heavy atom. The third-order valence-electron chi connectivity index (χ3n) is 5.93. The maximum absolute atomic E-state index is 12.1. The molecule has 8 nitrogen and oxygen atoms in total. The lowest BCUT2D eigenvalue weighted by Gasteiger charge is -2.41. The standard InChI is InChI=1S/C23H27ClN6O2/c1-4-16-8-19-20(28-22(16)31)7-15(10-26-19)13-29-5-6-30(14(2)12-29)17-9-18(24)21(27-11-17)23(32)25-3/h7-11,14H,4-6,12-13H2,1-3H3,(H,25,32)(H,28,31). The van der Waals surface area contributed by atoms with E-state index in [4.69, 9.17) is 11.6 Å². The van der Waals surface area contributed by atoms with Crippen molar-refractivity contribution in [3.05, 3.63) is 62.8 Å². The fourth-order valence-corrected chi connectivity index (χ4v) is 4.45. The molecule has 1 amide bonds. The van der Waals surface area contributed by atoms with Crippen molar-refractivity contribution in [3.63, 3.8) is 0 Å². The summed E-state index contributed by atoms with van der Waals surface area (Å²) in [6.45, 7) is 7.42. The van der Waals surface area contributed by atoms with Gasteiger partial charge in [0.1, 0.15) is 5.69 Å². The number of aryl methyl sites for hydroxylation is 1. The van der Waals surface area contributed by atoms with E-state index in [0.717, 1.165) is 54.0 Å². The molecule has 9 heteroatoms. The first-order chi connectivity index (χ1) is 15.4. The van der Waals surface area contributed by atoms with Gasteiger partial charge in [-0.2, -0.15) is 0 Å². The number of halogens is 1. The number of anilines is 1. The zero-order valence-electron chi connectivity index (χ0n) is 18.5. The molecular weight excluding hydrogens is 428 g/mol. The topological polar surface area (TPSA) is 94.2 Å². The van der Waals surface area contributed by atoms with Gasteiger partial charge in [0.2, 0.25) is 0 Å². The van der Waals surface area contributed by atoms with Crippen molar-refractivity contribution in [1.29, 1.82) is 0 Å². The van der Waals surface area contributed by atoms with Crippen molar-refractivity contribution in [2.75, 3.05) is 31.6 Å². The molecule has 1 unspecified atom stereocenters. The quantitative estimate of drug-likeness (QED) is 0.615. The van der Waals surface area contributed by atoms with E-state index in [9.17, 15) is 9.59 Å². The number of carbonyl (C=O) groups is 1. The van der Waals surface area contributed by atoms with E-state index in [1.807, 2.05) is 25.3 Å². The molecule has 1 aliphatic rings. The van der Waals surface area contributed by atoms with Gasteiger partial charge in [0.25, 0.3) is 11.5 Å². The normalized spacial score (nSPS) is 17.0. The van der Waals surface area contributed by atoms with E-state index in [1.54, 1.807) is 19.3 Å². The molecule has 1 saturated heterocycles. The van der Waals surface area contributed by atoms with E-state index in [1.165, 1.54) is 0 Å². The Balaban J connectivity index is 1.45. The number of hydrogen-bond donors (Lipinski definition) is 2. The van der Waals surface area contributed by atoms with Crippen molar-refractivity contribution in [1.82, 2.24) is 25.2 Å². The van der Waals surface area contributed by atoms with Gasteiger partial charge in [0, 0.05) is 51.0 Å². The number of piperazine rings is 1. The van der Waals surface area contributed by atoms with Gasteiger partial charge in [-0.05, 0) is 37.1 Å². The number of carbonyl (C=O) groups excluding carboxylic acids is 1. The highest BCUT2D eigenvalue weighted by molar-refractivity contribution is 6.33. The molecule has 0 saturated carbocycles. The molecule has 1 fully saturated rings. The number of pyridine rings is 3. The molecule has 0 radical (unpaired) electrons. The Morgan fingerprint density at radius 1 is 1.25 bits per heavy atom. The van der Waals surface area contributed by atoms with Crippen molar-refractivity contribution in [3.8, 4) is 0 Å². The molecule has 4 heterocycles. The lowest BCUT2D eigenvalue weighted by molar-refractivity contribution is 0.0958. The SMILES string of the molecule is CCc1cc2ncc(CN3CCN(c4cnc(C(=O)NC)c(Cl)c4)C(C)C3)cc2[nH]c1=O. The zero-order valence-corrected chi connectivity index (χ0v) is 19.2. The van der Waals surface area contributed by atoms with Crippen LogP contribution in [0.25, 0.3) is 11.0 Å². The van der Waals surface area contributed by atoms with Crippen LogP contribution in [-0.4, -0.2) is 58.5 Å². The molecule has 168 valence electrons. The van der Waals surface area contributed by atoms with Crippen LogP contribution in [-0.2, 0) is 13.0 Å². The monoisotopic (exact) mass is 454 g/mol. The minimum atomic E-state index is -0.296. The first kappa shape index (κ1) is 22.2. The minimum absolute atomic E-state index is 0.0455. The molecule has 0 aromatic carbocycles. The maximum atomic E-state index is 12.1. The zero-order chi connectivity index (χ0) is 22.8. The molecule has 0 aliphatic carbocycles. The fourth-order valence-electron chi connectivity index (χ4n) is 4.20. The Morgan fingerprint density at radius 3 is 2.75 bits per heavy atom. The van der Waals surface area contributed by atoms with Crippen LogP contribution < -0.4 is 15.8 Å². The fraction of sp³-hybridized carbons (Fsp3) is 0.391. The van der Waals surface area contributed by atoms with Crippen LogP contribution >= 0.6 is 11.6 Å². The summed E-state index contributed by atoms with van der Waals surface area (Å²) in [4.78, 5) is 40.4. The number of aromatic amines is 1. The summed E-state index contributed by atoms with van der Waals surface area (Å²) in [7, 11) is 1.56. The molecule has 0 bridgehead atoms. The maximum Gasteiger partial charge on any atom is 0.271 e. The van der Waals surface area contributed by atoms with Crippen molar-refractivity contribution < 1.29 is 4.79 Å². The van der Waals surface area contributed by atoms with Crippen molar-refractivity contribution in [2.24, 2.45) is 0 Å². The van der Waals surface area contributed by atoms with Gasteiger partial charge in [0.15, 0.2) is 0 Å². The lowest BCUT2D eigenvalue weighted by Crippen LogP contribution is -2.51. The summed E-state index contributed by atoms with van der Waals surface area (Å²) in [6.07, 6.45) is 4.28. The van der Waals surface area contributed by atoms with Crippen LogP contribution in [0.5, 0.6) is 0 Å². The lowest BCUT2D eigenvalue weighted by atomic mass is 10.1. The molecule has 2 N–H and O–H groups in total. The third-order valence-corrected chi connectivity index (χ3v) is 6.21. The van der Waals surface area contributed by atoms with Crippen LogP contribution in [0.3, 0.4) is 0 Å². The molecule has 3 aromatic heterocycles. The second-order valence-corrected chi connectivity index (χ2v) is 8.54. The number of hydrogen-bond acceptors (Lipinski definition) is 6. The molecule has 32 heavy (non-hydrogen) atoms. The summed E-state index contributed by atoms with van der Waals surface area (Å²) in [5.41, 5.74) is 4.50. The minimum Gasteiger partial charge on any atom is -0.365 e. The van der Waals surface area contributed by atoms with Gasteiger partial charge < -0.3 is 15.2 Å². The summed E-state index contributed by atoms with van der Waals surface area (Å²) < 4.78 is 0. The highest BCUT2D eigenvalue weighted by Gasteiger charge is 2.25. The number of rotatable bonds is 5. The molecular formula is C23H27ClN6O2. The third kappa shape index (κ3) is 4.47. The van der Waals surface area contributed by atoms with Crippen molar-refractivity contribution in [2.45, 2.75) is 32.9 Å². The van der Waals surface area contributed by atoms with E-state index >= 15 is 0 Å². The van der Waals surface area contributed by atoms with E-state index in [2.05, 4.69) is 37.0 Å². The molecule has 4 rings (SSSR count). The second kappa shape index (κ2) is 9.26. The van der Waals surface area contributed by atoms with Crippen LogP contribution in [0.15, 0.2) is 35.4 Å². The molecule has 1 atom stereocenters. The van der Waals surface area contributed by atoms with Crippen LogP contribution in [0.4, 0.5) is 5.69 Å². The molecule has 1 aliphatic heterocycles. The van der Waals surface area contributed by atoms with Gasteiger partial charge in [-0.15, -0.1) is 0 Å². The smallest absolute Gasteiger partial charge is 0.271 e. The Kier molecular flexibility index (Phi) is 6.43. The largest absolute Gasteiger partial charge is 0.365 e. The Bertz CT molecular complexity index is 1210. The Hall–Kier alpha value is -2.97. The number of aromatic nitrogens is 3. The highest BCUT2D eigenvalue weighted by Crippen LogP contribution is 2.25. The first-order valence-electron chi connectivity index (χ1n) is 10.8. The van der Waals surface area contributed by atoms with Gasteiger partial charge >= 0.3 is 0 Å². The Labute approximate surface area is 191 Å². The van der Waals surface area contributed by atoms with Crippen LogP contribution in [0.2, 0.25) is 5.02 Å². The second-order valence-electron chi connectivity index (χ2n) is 8.13. The average molecular weight is 455 g/mol. The molecule has 3 aromatic rings. The number of nitrogens with zero attached hydrogens (tertiary/aromatic N) is 4. The van der Waals surface area contributed by atoms with E-state index in [-0.39, 0.29) is 23.2 Å². The number of amides is 1. The first-order valence-corrected chi connectivity index (χ1v) is 11.1. The van der Waals surface area contributed by atoms with Crippen LogP contribution in [0, 0.1) is 0 Å². The van der Waals surface area contributed by atoms with Crippen LogP contribution in [0.1, 0.15) is 35.5 Å². The average Bonchev–Trinajstić information content (AvgIpc) is 2.78. The number of fused-ring (bicyclic) bond motifs is 1. The summed E-state index contributed by atoms with van der Waals surface area (Å²) >= 11 is 6.29. The highest BCUT2D eigenvalue weighted by atomic mass is 35.5. The predicted octanol–water partition coefficient (Wildman–Crippen LogP) is 2.60. The van der Waals surface area contributed by atoms with Gasteiger partial charge in [-0.1, -0.05) is 18.5 Å². The van der Waals surface area contributed by atoms with Gasteiger partial charge in [-0.25, -0.2) is 4.98 Å². The van der Waals surface area contributed by atoms with Gasteiger partial charge in [0.05, 0.1) is 27.9 Å². The van der Waals surface area contributed by atoms with Gasteiger partial charge in [-0.3, -0.25) is 19.5 Å². The number of nitrogens with one attached hydrogen (secondary N) is 2. The number of H-pyrrole nitrogens is 1. The summed E-state index contributed by atoms with van der Waals surface area (Å²) in [6, 6.07) is 5.93. The molecule has 0 spiro atoms. The van der Waals surface area contributed by atoms with E-state index < -0.39 is 0 Å². The van der Waals surface area contributed by atoms with E-state index in [0.29, 0.717) is 11.4 Å². The summed E-state index contributed by atoms with van der Waals surface area (Å²) in [5, 5.41) is 2.89. The van der Waals surface area contributed by atoms with Crippen molar-refractivity contribution >= 4 is 34.2 Å².